The zero-order chi connectivity index (χ0) is 9.97. The van der Waals surface area contributed by atoms with Gasteiger partial charge in [-0.2, -0.15) is 5.10 Å². The number of nitrogens with one attached hydrogen (secondary N) is 2. The van der Waals surface area contributed by atoms with Gasteiger partial charge >= 0.3 is 0 Å². The minimum atomic E-state index is -0.194. The molecule has 0 aliphatic rings. The molecule has 74 valence electrons. The lowest BCUT2D eigenvalue weighted by Gasteiger charge is -2.04. The molecule has 4 N–H and O–H groups in total. The van der Waals surface area contributed by atoms with E-state index >= 15 is 0 Å². The Hall–Kier alpha value is -1.69. The van der Waals surface area contributed by atoms with E-state index < -0.39 is 0 Å². The van der Waals surface area contributed by atoms with Gasteiger partial charge < -0.3 is 10.7 Å². The van der Waals surface area contributed by atoms with E-state index in [0.29, 0.717) is 12.2 Å². The van der Waals surface area contributed by atoms with Gasteiger partial charge in [0.1, 0.15) is 5.82 Å². The molecule has 0 spiro atoms. The van der Waals surface area contributed by atoms with Crippen LogP contribution in [0.25, 0.3) is 0 Å². The number of nitrogens with two attached hydrogens (primary N) is 1. The number of aromatic nitrogens is 5. The van der Waals surface area contributed by atoms with Crippen LogP contribution >= 0.6 is 0 Å². The lowest BCUT2D eigenvalue weighted by atomic mass is 10.2. The zero-order valence-electron chi connectivity index (χ0n) is 7.86. The van der Waals surface area contributed by atoms with Crippen LogP contribution in [0.2, 0.25) is 0 Å². The number of rotatable bonds is 3. The molecule has 2 aromatic heterocycles. The Morgan fingerprint density at radius 3 is 3.00 bits per heavy atom. The van der Waals surface area contributed by atoms with Gasteiger partial charge in [0.2, 0.25) is 0 Å². The summed E-state index contributed by atoms with van der Waals surface area (Å²) in [5.74, 6) is 1.41. The molecule has 6 nitrogen and oxygen atoms in total. The molecule has 0 bridgehead atoms. The topological polar surface area (TPSA) is 96.3 Å². The van der Waals surface area contributed by atoms with Gasteiger partial charge in [-0.1, -0.05) is 0 Å². The molecule has 0 saturated carbocycles. The maximum Gasteiger partial charge on any atom is 0.167 e. The van der Waals surface area contributed by atoms with E-state index in [2.05, 4.69) is 25.1 Å². The summed E-state index contributed by atoms with van der Waals surface area (Å²) in [7, 11) is 0. The van der Waals surface area contributed by atoms with Crippen molar-refractivity contribution in [2.24, 2.45) is 5.73 Å². The first kappa shape index (κ1) is 8.89. The molecular formula is C8H12N6. The number of aryl methyl sites for hydroxylation is 1. The fourth-order valence-electron chi connectivity index (χ4n) is 1.25. The van der Waals surface area contributed by atoms with Crippen molar-refractivity contribution in [3.8, 4) is 0 Å². The first-order chi connectivity index (χ1) is 6.75. The summed E-state index contributed by atoms with van der Waals surface area (Å²) < 4.78 is 0. The Balaban J connectivity index is 2.06. The first-order valence-electron chi connectivity index (χ1n) is 4.37. The van der Waals surface area contributed by atoms with E-state index in [1.165, 1.54) is 0 Å². The zero-order valence-corrected chi connectivity index (χ0v) is 7.86. The van der Waals surface area contributed by atoms with Crippen LogP contribution in [0.1, 0.15) is 23.4 Å². The lowest BCUT2D eigenvalue weighted by molar-refractivity contribution is 0.662. The Bertz CT molecular complexity index is 390. The summed E-state index contributed by atoms with van der Waals surface area (Å²) in [5, 5.41) is 6.76. The summed E-state index contributed by atoms with van der Waals surface area (Å²) in [6, 6.07) is -0.194. The largest absolute Gasteiger partial charge is 0.348 e. The highest BCUT2D eigenvalue weighted by molar-refractivity contribution is 5.03. The van der Waals surface area contributed by atoms with Gasteiger partial charge in [0, 0.05) is 18.3 Å². The fourth-order valence-corrected chi connectivity index (χ4v) is 1.25. The molecule has 6 heteroatoms. The van der Waals surface area contributed by atoms with Crippen LogP contribution in [0, 0.1) is 6.92 Å². The van der Waals surface area contributed by atoms with E-state index in [-0.39, 0.29) is 6.04 Å². The van der Waals surface area contributed by atoms with Gasteiger partial charge in [0.05, 0.1) is 12.4 Å². The number of hydrogen-bond acceptors (Lipinski definition) is 4. The summed E-state index contributed by atoms with van der Waals surface area (Å²) in [5.41, 5.74) is 6.89. The van der Waals surface area contributed by atoms with E-state index in [4.69, 9.17) is 5.73 Å². The van der Waals surface area contributed by atoms with Gasteiger partial charge in [0.15, 0.2) is 5.82 Å². The molecule has 0 aromatic carbocycles. The van der Waals surface area contributed by atoms with Crippen molar-refractivity contribution < 1.29 is 0 Å². The average Bonchev–Trinajstić information content (AvgIpc) is 2.75. The highest BCUT2D eigenvalue weighted by Crippen LogP contribution is 2.09. The fraction of sp³-hybridized carbons (Fsp3) is 0.375. The molecular weight excluding hydrogens is 180 g/mol. The van der Waals surface area contributed by atoms with Crippen molar-refractivity contribution >= 4 is 0 Å². The van der Waals surface area contributed by atoms with Crippen molar-refractivity contribution in [3.05, 3.63) is 29.9 Å². The highest BCUT2D eigenvalue weighted by atomic mass is 15.2. The molecule has 2 rings (SSSR count). The second kappa shape index (κ2) is 3.59. The standard InChI is InChI=1S/C8H12N6/c1-5-12-8(14-13-5)7(9)2-6-3-10-4-11-6/h3-4,7H,2,9H2,1H3,(H,10,11)(H,12,13,14)/t7-/m0/s1. The number of aromatic amines is 2. The Kier molecular flexibility index (Phi) is 2.28. The van der Waals surface area contributed by atoms with Crippen molar-refractivity contribution in [1.29, 1.82) is 0 Å². The summed E-state index contributed by atoms with van der Waals surface area (Å²) in [6.07, 6.45) is 4.04. The van der Waals surface area contributed by atoms with Crippen LogP contribution in [0.4, 0.5) is 0 Å². The predicted molar refractivity (Wildman–Crippen MR) is 50.3 cm³/mol. The Labute approximate surface area is 81.0 Å². The van der Waals surface area contributed by atoms with Crippen LogP contribution in [0.15, 0.2) is 12.5 Å². The second-order valence-corrected chi connectivity index (χ2v) is 3.17. The average molecular weight is 192 g/mol. The smallest absolute Gasteiger partial charge is 0.167 e. The van der Waals surface area contributed by atoms with Crippen LogP contribution in [0.5, 0.6) is 0 Å². The second-order valence-electron chi connectivity index (χ2n) is 3.17. The quantitative estimate of drug-likeness (QED) is 0.641. The lowest BCUT2D eigenvalue weighted by Crippen LogP contribution is -2.15. The molecule has 0 radical (unpaired) electrons. The molecule has 1 atom stereocenters. The minimum absolute atomic E-state index is 0.194. The summed E-state index contributed by atoms with van der Waals surface area (Å²) >= 11 is 0. The van der Waals surface area contributed by atoms with Gasteiger partial charge in [-0.3, -0.25) is 5.10 Å². The third-order valence-electron chi connectivity index (χ3n) is 1.94. The van der Waals surface area contributed by atoms with Crippen LogP contribution in [-0.2, 0) is 6.42 Å². The molecule has 2 heterocycles. The van der Waals surface area contributed by atoms with E-state index in [9.17, 15) is 0 Å². The summed E-state index contributed by atoms with van der Waals surface area (Å²) in [4.78, 5) is 11.1. The van der Waals surface area contributed by atoms with Crippen molar-refractivity contribution in [2.75, 3.05) is 0 Å². The van der Waals surface area contributed by atoms with Crippen LogP contribution in [0.3, 0.4) is 0 Å². The minimum Gasteiger partial charge on any atom is -0.348 e. The maximum absolute atomic E-state index is 5.91. The number of hydrogen-bond donors (Lipinski definition) is 3. The van der Waals surface area contributed by atoms with Crippen molar-refractivity contribution in [1.82, 2.24) is 25.1 Å². The molecule has 14 heavy (non-hydrogen) atoms. The molecule has 0 saturated heterocycles. The van der Waals surface area contributed by atoms with Crippen LogP contribution in [-0.4, -0.2) is 25.1 Å². The molecule has 0 aliphatic carbocycles. The Morgan fingerprint density at radius 1 is 1.57 bits per heavy atom. The van der Waals surface area contributed by atoms with E-state index in [0.717, 1.165) is 11.5 Å². The number of H-pyrrole nitrogens is 2. The molecule has 2 aromatic rings. The van der Waals surface area contributed by atoms with Gasteiger partial charge in [0.25, 0.3) is 0 Å². The third kappa shape index (κ3) is 1.80. The molecule has 0 fully saturated rings. The molecule has 0 aliphatic heterocycles. The normalized spacial score (nSPS) is 13.0. The van der Waals surface area contributed by atoms with E-state index in [1.54, 1.807) is 12.5 Å². The van der Waals surface area contributed by atoms with Crippen molar-refractivity contribution in [3.63, 3.8) is 0 Å². The third-order valence-corrected chi connectivity index (χ3v) is 1.94. The highest BCUT2D eigenvalue weighted by Gasteiger charge is 2.12. The maximum atomic E-state index is 5.91. The first-order valence-corrected chi connectivity index (χ1v) is 4.37. The van der Waals surface area contributed by atoms with Crippen molar-refractivity contribution in [2.45, 2.75) is 19.4 Å². The van der Waals surface area contributed by atoms with Gasteiger partial charge in [-0.15, -0.1) is 0 Å². The van der Waals surface area contributed by atoms with E-state index in [1.807, 2.05) is 6.92 Å². The van der Waals surface area contributed by atoms with Gasteiger partial charge in [-0.05, 0) is 6.92 Å². The number of imidazole rings is 1. The summed E-state index contributed by atoms with van der Waals surface area (Å²) in [6.45, 7) is 1.85. The predicted octanol–water partition coefficient (Wildman–Crippen LogP) is 0.0787. The Morgan fingerprint density at radius 2 is 2.43 bits per heavy atom. The van der Waals surface area contributed by atoms with Gasteiger partial charge in [-0.25, -0.2) is 9.97 Å². The molecule has 0 unspecified atom stereocenters. The van der Waals surface area contributed by atoms with Crippen LogP contribution < -0.4 is 5.73 Å². The molecule has 0 amide bonds. The number of nitrogens with zero attached hydrogens (tertiary/aromatic N) is 3. The SMILES string of the molecule is Cc1nc([C@@H](N)Cc2cnc[nH]2)n[nH]1. The monoisotopic (exact) mass is 192 g/mol.